The molecule has 0 fully saturated rings. The van der Waals surface area contributed by atoms with Crippen molar-refractivity contribution in [1.82, 2.24) is 9.97 Å². The second-order valence-corrected chi connectivity index (χ2v) is 4.99. The fourth-order valence-corrected chi connectivity index (χ4v) is 1.92. The van der Waals surface area contributed by atoms with E-state index in [0.717, 1.165) is 0 Å². The molecule has 0 radical (unpaired) electrons. The summed E-state index contributed by atoms with van der Waals surface area (Å²) in [5.41, 5.74) is 5.44. The van der Waals surface area contributed by atoms with Gasteiger partial charge in [-0.2, -0.15) is 0 Å². The molecule has 1 rings (SSSR count). The van der Waals surface area contributed by atoms with E-state index in [2.05, 4.69) is 47.1 Å². The normalized spacial score (nSPS) is 12.2. The van der Waals surface area contributed by atoms with E-state index in [9.17, 15) is 4.79 Å². The molecule has 1 amide bonds. The molecule has 16 heavy (non-hydrogen) atoms. The third-order valence-electron chi connectivity index (χ3n) is 1.89. The van der Waals surface area contributed by atoms with Gasteiger partial charge in [0, 0.05) is 6.42 Å². The van der Waals surface area contributed by atoms with Gasteiger partial charge in [-0.1, -0.05) is 6.92 Å². The highest BCUT2D eigenvalue weighted by Gasteiger charge is 2.11. The molecule has 7 heteroatoms. The molecule has 1 unspecified atom stereocenters. The Balaban J connectivity index is 2.63. The third-order valence-corrected chi connectivity index (χ3v) is 2.83. The Labute approximate surface area is 110 Å². The largest absolute Gasteiger partial charge is 0.330 e. The predicted molar refractivity (Wildman–Crippen MR) is 68.9 cm³/mol. The zero-order valence-corrected chi connectivity index (χ0v) is 11.9. The average Bonchev–Trinajstić information content (AvgIpc) is 2.22. The summed E-state index contributed by atoms with van der Waals surface area (Å²) < 4.78 is 1.10. The maximum Gasteiger partial charge on any atom is 0.225 e. The van der Waals surface area contributed by atoms with Crippen LogP contribution >= 0.6 is 31.9 Å². The van der Waals surface area contributed by atoms with Crippen LogP contribution in [0.3, 0.4) is 0 Å². The van der Waals surface area contributed by atoms with E-state index in [-0.39, 0.29) is 11.8 Å². The van der Waals surface area contributed by atoms with E-state index in [4.69, 9.17) is 5.73 Å². The number of carbonyl (C=O) groups is 1. The Morgan fingerprint density at radius 2 is 2.31 bits per heavy atom. The molecule has 0 aliphatic carbocycles. The SMILES string of the molecule is CC(CN)CC(=O)Nc1ncc(Br)nc1Br. The number of carbonyl (C=O) groups excluding carboxylic acids is 1. The Kier molecular flexibility index (Phi) is 5.30. The van der Waals surface area contributed by atoms with Gasteiger partial charge < -0.3 is 11.1 Å². The molecular formula is C9H12Br2N4O. The summed E-state index contributed by atoms with van der Waals surface area (Å²) in [7, 11) is 0. The molecule has 3 N–H and O–H groups in total. The van der Waals surface area contributed by atoms with Crippen molar-refractivity contribution in [2.24, 2.45) is 11.7 Å². The number of nitrogens with two attached hydrogens (primary N) is 1. The van der Waals surface area contributed by atoms with Crippen LogP contribution in [0.1, 0.15) is 13.3 Å². The van der Waals surface area contributed by atoms with Crippen LogP contribution in [0.15, 0.2) is 15.4 Å². The molecule has 88 valence electrons. The zero-order chi connectivity index (χ0) is 12.1. The van der Waals surface area contributed by atoms with Gasteiger partial charge in [-0.05, 0) is 44.3 Å². The summed E-state index contributed by atoms with van der Waals surface area (Å²) in [5.74, 6) is 0.454. The van der Waals surface area contributed by atoms with Gasteiger partial charge in [-0.3, -0.25) is 4.79 Å². The summed E-state index contributed by atoms with van der Waals surface area (Å²) in [6.07, 6.45) is 1.90. The molecule has 0 saturated carbocycles. The molecule has 1 aromatic rings. The lowest BCUT2D eigenvalue weighted by Crippen LogP contribution is -2.20. The van der Waals surface area contributed by atoms with Gasteiger partial charge in [0.15, 0.2) is 5.82 Å². The third kappa shape index (κ3) is 4.15. The molecule has 1 atom stereocenters. The summed E-state index contributed by atoms with van der Waals surface area (Å²) in [6, 6.07) is 0. The van der Waals surface area contributed by atoms with Gasteiger partial charge in [-0.25, -0.2) is 9.97 Å². The van der Waals surface area contributed by atoms with Gasteiger partial charge in [0.05, 0.1) is 6.20 Å². The van der Waals surface area contributed by atoms with Crippen LogP contribution in [-0.4, -0.2) is 22.4 Å². The molecular weight excluding hydrogens is 340 g/mol. The molecule has 0 aliphatic heterocycles. The van der Waals surface area contributed by atoms with Crippen molar-refractivity contribution in [3.05, 3.63) is 15.4 Å². The maximum atomic E-state index is 11.6. The lowest BCUT2D eigenvalue weighted by atomic mass is 10.1. The van der Waals surface area contributed by atoms with Crippen molar-refractivity contribution in [1.29, 1.82) is 0 Å². The number of aromatic nitrogens is 2. The van der Waals surface area contributed by atoms with Crippen LogP contribution in [0.2, 0.25) is 0 Å². The van der Waals surface area contributed by atoms with Crippen molar-refractivity contribution >= 4 is 43.6 Å². The van der Waals surface area contributed by atoms with Crippen molar-refractivity contribution < 1.29 is 4.79 Å². The topological polar surface area (TPSA) is 80.9 Å². The molecule has 0 aliphatic rings. The average molecular weight is 352 g/mol. The van der Waals surface area contributed by atoms with E-state index < -0.39 is 0 Å². The number of anilines is 1. The van der Waals surface area contributed by atoms with Crippen molar-refractivity contribution in [3.8, 4) is 0 Å². The van der Waals surface area contributed by atoms with Crippen molar-refractivity contribution in [3.63, 3.8) is 0 Å². The Morgan fingerprint density at radius 1 is 1.62 bits per heavy atom. The van der Waals surface area contributed by atoms with Crippen molar-refractivity contribution in [2.45, 2.75) is 13.3 Å². The minimum Gasteiger partial charge on any atom is -0.330 e. The Hall–Kier alpha value is -0.530. The summed E-state index contributed by atoms with van der Waals surface area (Å²) in [4.78, 5) is 19.6. The maximum absolute atomic E-state index is 11.6. The van der Waals surface area contributed by atoms with Crippen LogP contribution in [0.5, 0.6) is 0 Å². The summed E-state index contributed by atoms with van der Waals surface area (Å²) in [5, 5.41) is 2.67. The fourth-order valence-electron chi connectivity index (χ4n) is 1.01. The molecule has 1 aromatic heterocycles. The number of halogens is 2. The second-order valence-electron chi connectivity index (χ2n) is 3.43. The number of nitrogens with zero attached hydrogens (tertiary/aromatic N) is 2. The van der Waals surface area contributed by atoms with Gasteiger partial charge in [0.1, 0.15) is 9.21 Å². The molecule has 5 nitrogen and oxygen atoms in total. The monoisotopic (exact) mass is 350 g/mol. The molecule has 1 heterocycles. The van der Waals surface area contributed by atoms with E-state index in [0.29, 0.717) is 28.0 Å². The van der Waals surface area contributed by atoms with Gasteiger partial charge in [0.25, 0.3) is 0 Å². The highest BCUT2D eigenvalue weighted by Crippen LogP contribution is 2.19. The fraction of sp³-hybridized carbons (Fsp3) is 0.444. The van der Waals surface area contributed by atoms with E-state index in [1.54, 1.807) is 0 Å². The number of hydrogen-bond donors (Lipinski definition) is 2. The van der Waals surface area contributed by atoms with E-state index in [1.165, 1.54) is 6.20 Å². The van der Waals surface area contributed by atoms with Gasteiger partial charge >= 0.3 is 0 Å². The molecule has 0 saturated heterocycles. The number of nitrogens with one attached hydrogen (secondary N) is 1. The second kappa shape index (κ2) is 6.27. The van der Waals surface area contributed by atoms with Crippen LogP contribution in [0.4, 0.5) is 5.82 Å². The lowest BCUT2D eigenvalue weighted by Gasteiger charge is -2.09. The zero-order valence-electron chi connectivity index (χ0n) is 8.70. The molecule has 0 bridgehead atoms. The minimum atomic E-state index is -0.115. The first-order valence-electron chi connectivity index (χ1n) is 4.71. The quantitative estimate of drug-likeness (QED) is 0.868. The number of rotatable bonds is 4. The summed E-state index contributed by atoms with van der Waals surface area (Å²) >= 11 is 6.40. The predicted octanol–water partition coefficient (Wildman–Crippen LogP) is 1.92. The Bertz CT molecular complexity index is 386. The van der Waals surface area contributed by atoms with Crippen LogP contribution in [-0.2, 0) is 4.79 Å². The van der Waals surface area contributed by atoms with E-state index in [1.807, 2.05) is 6.92 Å². The first kappa shape index (κ1) is 13.5. The number of hydrogen-bond acceptors (Lipinski definition) is 4. The number of amides is 1. The molecule has 0 aromatic carbocycles. The minimum absolute atomic E-state index is 0.115. The highest BCUT2D eigenvalue weighted by molar-refractivity contribution is 9.11. The highest BCUT2D eigenvalue weighted by atomic mass is 79.9. The van der Waals surface area contributed by atoms with Gasteiger partial charge in [0.2, 0.25) is 5.91 Å². The summed E-state index contributed by atoms with van der Waals surface area (Å²) in [6.45, 7) is 2.41. The van der Waals surface area contributed by atoms with E-state index >= 15 is 0 Å². The first-order chi connectivity index (χ1) is 7.52. The first-order valence-corrected chi connectivity index (χ1v) is 6.29. The van der Waals surface area contributed by atoms with Crippen LogP contribution in [0.25, 0.3) is 0 Å². The van der Waals surface area contributed by atoms with Gasteiger partial charge in [-0.15, -0.1) is 0 Å². The standard InChI is InChI=1S/C9H12Br2N4O/c1-5(3-12)2-7(16)15-9-8(11)14-6(10)4-13-9/h4-5H,2-3,12H2,1H3,(H,13,15,16). The Morgan fingerprint density at radius 3 is 2.88 bits per heavy atom. The van der Waals surface area contributed by atoms with Crippen molar-refractivity contribution in [2.75, 3.05) is 11.9 Å². The van der Waals surface area contributed by atoms with Crippen LogP contribution in [0, 0.1) is 5.92 Å². The smallest absolute Gasteiger partial charge is 0.225 e. The van der Waals surface area contributed by atoms with Crippen LogP contribution < -0.4 is 11.1 Å². The molecule has 0 spiro atoms. The lowest BCUT2D eigenvalue weighted by molar-refractivity contribution is -0.116.